The molecule has 0 spiro atoms. The first-order valence-corrected chi connectivity index (χ1v) is 12.9. The smallest absolute Gasteiger partial charge is 0.273 e. The van der Waals surface area contributed by atoms with Gasteiger partial charge in [0, 0.05) is 38.4 Å². The second-order valence-electron chi connectivity index (χ2n) is 9.60. The summed E-state index contributed by atoms with van der Waals surface area (Å²) in [5, 5.41) is 22.4. The van der Waals surface area contributed by atoms with Crippen LogP contribution in [0.4, 0.5) is 10.1 Å². The Morgan fingerprint density at radius 3 is 2.44 bits per heavy atom. The van der Waals surface area contributed by atoms with Gasteiger partial charge in [0.05, 0.1) is 29.5 Å². The monoisotopic (exact) mass is 564 g/mol. The number of methoxy groups -OCH3 is 1. The molecule has 39 heavy (non-hydrogen) atoms. The van der Waals surface area contributed by atoms with Crippen LogP contribution < -0.4 is 26.0 Å². The fraction of sp³-hybridized carbons (Fsp3) is 0.429. The summed E-state index contributed by atoms with van der Waals surface area (Å²) in [6, 6.07) is 11.2. The van der Waals surface area contributed by atoms with E-state index in [4.69, 9.17) is 21.1 Å². The highest BCUT2D eigenvalue weighted by Crippen LogP contribution is 2.30. The summed E-state index contributed by atoms with van der Waals surface area (Å²) in [4.78, 5) is 26.1. The molecule has 2 rings (SSSR count). The van der Waals surface area contributed by atoms with E-state index in [0.29, 0.717) is 11.4 Å². The second-order valence-corrected chi connectivity index (χ2v) is 10.0. The lowest BCUT2D eigenvalue weighted by molar-refractivity contribution is -0.114. The molecular formula is C28H38ClFN4O5. The Morgan fingerprint density at radius 2 is 1.85 bits per heavy atom. The number of likely N-dealkylation sites (N-methyl/N-ethyl adjacent to an activating group) is 1. The third-order valence-corrected chi connectivity index (χ3v) is 6.71. The van der Waals surface area contributed by atoms with Gasteiger partial charge in [-0.25, -0.2) is 4.39 Å². The average Bonchev–Trinajstić information content (AvgIpc) is 2.91. The highest BCUT2D eigenvalue weighted by Gasteiger charge is 2.34. The van der Waals surface area contributed by atoms with Crippen LogP contribution in [0.1, 0.15) is 38.1 Å². The third-order valence-electron chi connectivity index (χ3n) is 6.42. The van der Waals surface area contributed by atoms with E-state index >= 15 is 0 Å². The summed E-state index contributed by atoms with van der Waals surface area (Å²) in [6.45, 7) is 7.75. The molecule has 2 unspecified atom stereocenters. The first-order valence-electron chi connectivity index (χ1n) is 12.6. The second kappa shape index (κ2) is 14.7. The van der Waals surface area contributed by atoms with Crippen molar-refractivity contribution in [2.75, 3.05) is 39.2 Å². The molecule has 0 aliphatic carbocycles. The van der Waals surface area contributed by atoms with E-state index < -0.39 is 35.2 Å². The molecule has 5 N–H and O–H groups in total. The first-order chi connectivity index (χ1) is 18.4. The predicted octanol–water partition coefficient (Wildman–Crippen LogP) is 3.89. The van der Waals surface area contributed by atoms with Crippen molar-refractivity contribution in [2.24, 2.45) is 11.3 Å². The molecule has 0 aromatic heterocycles. The minimum Gasteiger partial charge on any atom is -0.493 e. The molecule has 2 aromatic rings. The van der Waals surface area contributed by atoms with Crippen LogP contribution in [0.5, 0.6) is 5.75 Å². The highest BCUT2D eigenvalue weighted by atomic mass is 35.5. The maximum Gasteiger partial charge on any atom is 0.273 e. The quantitative estimate of drug-likeness (QED) is 0.174. The van der Waals surface area contributed by atoms with Crippen LogP contribution in [0, 0.1) is 17.2 Å². The van der Waals surface area contributed by atoms with E-state index in [-0.39, 0.29) is 41.8 Å². The molecule has 0 saturated heterocycles. The van der Waals surface area contributed by atoms with Gasteiger partial charge in [-0.15, -0.1) is 0 Å². The average molecular weight is 565 g/mol. The Morgan fingerprint density at radius 1 is 1.18 bits per heavy atom. The van der Waals surface area contributed by atoms with Crippen LogP contribution in [0.3, 0.4) is 0 Å². The minimum absolute atomic E-state index is 0.0846. The van der Waals surface area contributed by atoms with E-state index in [1.165, 1.54) is 13.2 Å². The van der Waals surface area contributed by atoms with Crippen LogP contribution in [-0.4, -0.2) is 57.1 Å². The number of carbonyl (C=O) groups excluding carboxylic acids is 2. The maximum atomic E-state index is 13.9. The van der Waals surface area contributed by atoms with Gasteiger partial charge in [0.15, 0.2) is 0 Å². The number of nitrogens with one attached hydrogen (secondary N) is 4. The summed E-state index contributed by atoms with van der Waals surface area (Å²) >= 11 is 5.89. The number of anilines is 1. The van der Waals surface area contributed by atoms with E-state index in [1.807, 2.05) is 19.9 Å². The Labute approximate surface area is 234 Å². The van der Waals surface area contributed by atoms with E-state index in [9.17, 15) is 19.1 Å². The molecule has 2 amide bonds. The van der Waals surface area contributed by atoms with Crippen LogP contribution in [-0.2, 0) is 9.53 Å². The van der Waals surface area contributed by atoms with Gasteiger partial charge in [0.2, 0.25) is 0 Å². The van der Waals surface area contributed by atoms with Crippen LogP contribution >= 0.6 is 11.6 Å². The highest BCUT2D eigenvalue weighted by molar-refractivity contribution is 6.31. The van der Waals surface area contributed by atoms with Crippen molar-refractivity contribution in [1.29, 1.82) is 0 Å². The van der Waals surface area contributed by atoms with Gasteiger partial charge < -0.3 is 35.8 Å². The summed E-state index contributed by atoms with van der Waals surface area (Å²) < 4.78 is 24.5. The molecule has 0 aliphatic heterocycles. The lowest BCUT2D eigenvalue weighted by Gasteiger charge is -2.36. The molecule has 0 radical (unpaired) electrons. The van der Waals surface area contributed by atoms with Crippen molar-refractivity contribution in [2.45, 2.75) is 33.9 Å². The van der Waals surface area contributed by atoms with Crippen LogP contribution in [0.2, 0.25) is 5.02 Å². The number of para-hydroxylation sites is 1. The van der Waals surface area contributed by atoms with Crippen molar-refractivity contribution in [1.82, 2.24) is 16.0 Å². The van der Waals surface area contributed by atoms with Gasteiger partial charge in [0.1, 0.15) is 23.5 Å². The summed E-state index contributed by atoms with van der Waals surface area (Å²) in [5.41, 5.74) is 0.600. The third kappa shape index (κ3) is 8.84. The number of amides is 2. The van der Waals surface area contributed by atoms with Crippen LogP contribution in [0.25, 0.3) is 0 Å². The Kier molecular flexibility index (Phi) is 12.0. The molecule has 0 bridgehead atoms. The van der Waals surface area contributed by atoms with E-state index in [2.05, 4.69) is 21.3 Å². The van der Waals surface area contributed by atoms with Crippen molar-refractivity contribution in [3.05, 3.63) is 70.3 Å². The van der Waals surface area contributed by atoms with Gasteiger partial charge >= 0.3 is 0 Å². The zero-order valence-corrected chi connectivity index (χ0v) is 23.9. The van der Waals surface area contributed by atoms with Crippen molar-refractivity contribution < 1.29 is 28.6 Å². The Hall–Kier alpha value is -3.34. The fourth-order valence-corrected chi connectivity index (χ4v) is 3.83. The summed E-state index contributed by atoms with van der Waals surface area (Å²) in [5.74, 6) is -2.02. The predicted molar refractivity (Wildman–Crippen MR) is 150 cm³/mol. The molecule has 0 saturated carbocycles. The molecule has 0 aliphatic rings. The standard InChI is InChI=1S/C28H38ClFN4O5/c1-7-39-23-14-21(30)20(29)13-19(23)26(36)32-16-28(3,4)17(2)25(35)34-24(22(31-5)15-38-6)27(37)33-18-11-9-8-10-12-18/h8-14,17,25,31,34-35H,7,15-16H2,1-6H3,(H,32,36)(H,33,37)/b24-22+. The zero-order valence-electron chi connectivity index (χ0n) is 23.2. The normalized spacial score (nSPS) is 13.6. The number of halogens is 2. The Balaban J connectivity index is 2.18. The van der Waals surface area contributed by atoms with Crippen molar-refractivity contribution in [3.63, 3.8) is 0 Å². The number of benzene rings is 2. The lowest BCUT2D eigenvalue weighted by atomic mass is 9.78. The number of aliphatic hydroxyl groups excluding tert-OH is 1. The molecule has 9 nitrogen and oxygen atoms in total. The van der Waals surface area contributed by atoms with Crippen molar-refractivity contribution in [3.8, 4) is 5.75 Å². The van der Waals surface area contributed by atoms with E-state index in [1.54, 1.807) is 45.2 Å². The SMILES string of the molecule is CCOc1cc(F)c(Cl)cc1C(=O)NCC(C)(C)C(C)C(O)N/C(C(=O)Nc1ccccc1)=C(\COC)NC. The van der Waals surface area contributed by atoms with Gasteiger partial charge in [0.25, 0.3) is 11.8 Å². The topological polar surface area (TPSA) is 121 Å². The molecule has 0 heterocycles. The van der Waals surface area contributed by atoms with Gasteiger partial charge in [-0.05, 0) is 30.5 Å². The summed E-state index contributed by atoms with van der Waals surface area (Å²) in [6.07, 6.45) is -1.17. The number of aliphatic hydroxyl groups is 1. The van der Waals surface area contributed by atoms with E-state index in [0.717, 1.165) is 6.07 Å². The van der Waals surface area contributed by atoms with Gasteiger partial charge in [-0.3, -0.25) is 9.59 Å². The van der Waals surface area contributed by atoms with Crippen LogP contribution in [0.15, 0.2) is 53.9 Å². The first kappa shape index (κ1) is 31.9. The molecule has 0 fully saturated rings. The number of hydrogen-bond acceptors (Lipinski definition) is 7. The van der Waals surface area contributed by atoms with Crippen molar-refractivity contribution >= 4 is 29.1 Å². The van der Waals surface area contributed by atoms with Gasteiger partial charge in [-0.1, -0.05) is 50.6 Å². The number of ether oxygens (including phenoxy) is 2. The molecule has 2 atom stereocenters. The minimum atomic E-state index is -1.17. The number of carbonyl (C=O) groups is 2. The van der Waals surface area contributed by atoms with Gasteiger partial charge in [-0.2, -0.15) is 0 Å². The largest absolute Gasteiger partial charge is 0.493 e. The zero-order chi connectivity index (χ0) is 29.2. The maximum absolute atomic E-state index is 13.9. The fourth-order valence-electron chi connectivity index (χ4n) is 3.66. The molecular weight excluding hydrogens is 527 g/mol. The summed E-state index contributed by atoms with van der Waals surface area (Å²) in [7, 11) is 3.15. The lowest BCUT2D eigenvalue weighted by Crippen LogP contribution is -2.48. The number of hydrogen-bond donors (Lipinski definition) is 5. The molecule has 214 valence electrons. The number of rotatable bonds is 14. The Bertz CT molecular complexity index is 1160. The molecule has 11 heteroatoms. The molecule has 2 aromatic carbocycles.